The molecular weight excluding hydrogens is 292 g/mol. The summed E-state index contributed by atoms with van der Waals surface area (Å²) in [4.78, 5) is 16.4. The van der Waals surface area contributed by atoms with E-state index in [0.29, 0.717) is 17.4 Å². The van der Waals surface area contributed by atoms with E-state index < -0.39 is 11.7 Å². The first-order valence-corrected chi connectivity index (χ1v) is 8.14. The van der Waals surface area contributed by atoms with Crippen LogP contribution in [0.3, 0.4) is 0 Å². The second-order valence-electron chi connectivity index (χ2n) is 7.05. The largest absolute Gasteiger partial charge is 0.444 e. The molecule has 0 radical (unpaired) electrons. The van der Waals surface area contributed by atoms with Gasteiger partial charge < -0.3 is 14.5 Å². The molecule has 1 aliphatic rings. The van der Waals surface area contributed by atoms with Gasteiger partial charge in [-0.2, -0.15) is 0 Å². The lowest BCUT2D eigenvalue weighted by Crippen LogP contribution is -2.27. The van der Waals surface area contributed by atoms with Crippen molar-refractivity contribution >= 4 is 23.1 Å². The lowest BCUT2D eigenvalue weighted by atomic mass is 10.2. The van der Waals surface area contributed by atoms with E-state index in [1.807, 2.05) is 43.6 Å². The van der Waals surface area contributed by atoms with E-state index in [-0.39, 0.29) is 0 Å². The van der Waals surface area contributed by atoms with Crippen LogP contribution >= 0.6 is 0 Å². The van der Waals surface area contributed by atoms with Crippen molar-refractivity contribution in [2.24, 2.45) is 0 Å². The van der Waals surface area contributed by atoms with Crippen LogP contribution in [0, 0.1) is 0 Å². The summed E-state index contributed by atoms with van der Waals surface area (Å²) in [6.45, 7) is 5.53. The number of aromatic nitrogens is 2. The molecule has 2 aromatic rings. The summed E-state index contributed by atoms with van der Waals surface area (Å²) in [5.74, 6) is 0. The van der Waals surface area contributed by atoms with Gasteiger partial charge in [-0.05, 0) is 39.7 Å². The van der Waals surface area contributed by atoms with Crippen LogP contribution in [0.1, 0.15) is 46.5 Å². The summed E-state index contributed by atoms with van der Waals surface area (Å²) in [5, 5.41) is 6.35. The molecule has 23 heavy (non-hydrogen) atoms. The first-order chi connectivity index (χ1) is 10.9. The summed E-state index contributed by atoms with van der Waals surface area (Å²) < 4.78 is 7.24. The predicted molar refractivity (Wildman–Crippen MR) is 90.9 cm³/mol. The molecule has 1 fully saturated rings. The van der Waals surface area contributed by atoms with Crippen molar-refractivity contribution in [2.75, 3.05) is 10.6 Å². The maximum atomic E-state index is 12.1. The van der Waals surface area contributed by atoms with Crippen molar-refractivity contribution in [2.45, 2.75) is 58.1 Å². The first-order valence-electron chi connectivity index (χ1n) is 8.14. The van der Waals surface area contributed by atoms with Crippen LogP contribution in [-0.4, -0.2) is 27.1 Å². The van der Waals surface area contributed by atoms with Gasteiger partial charge in [-0.15, -0.1) is 0 Å². The Balaban J connectivity index is 1.82. The molecule has 6 heteroatoms. The van der Waals surface area contributed by atoms with E-state index >= 15 is 0 Å². The molecule has 0 saturated heterocycles. The van der Waals surface area contributed by atoms with Gasteiger partial charge in [0.05, 0.1) is 11.4 Å². The van der Waals surface area contributed by atoms with Crippen LogP contribution in [0.25, 0.3) is 5.65 Å². The van der Waals surface area contributed by atoms with E-state index in [4.69, 9.17) is 4.74 Å². The average Bonchev–Trinajstić information content (AvgIpc) is 3.07. The zero-order valence-corrected chi connectivity index (χ0v) is 13.9. The number of anilines is 2. The van der Waals surface area contributed by atoms with E-state index in [9.17, 15) is 4.79 Å². The molecule has 3 rings (SSSR count). The third kappa shape index (κ3) is 3.94. The van der Waals surface area contributed by atoms with Crippen molar-refractivity contribution < 1.29 is 9.53 Å². The van der Waals surface area contributed by atoms with Crippen LogP contribution in [-0.2, 0) is 4.74 Å². The molecule has 2 aromatic heterocycles. The van der Waals surface area contributed by atoms with E-state index in [1.165, 1.54) is 25.7 Å². The van der Waals surface area contributed by atoms with E-state index in [2.05, 4.69) is 15.6 Å². The average molecular weight is 316 g/mol. The number of amides is 1. The molecule has 6 nitrogen and oxygen atoms in total. The second-order valence-corrected chi connectivity index (χ2v) is 7.05. The first kappa shape index (κ1) is 15.6. The number of pyridine rings is 1. The summed E-state index contributed by atoms with van der Waals surface area (Å²) in [5.41, 5.74) is 1.80. The molecule has 0 spiro atoms. The maximum absolute atomic E-state index is 12.1. The highest BCUT2D eigenvalue weighted by Crippen LogP contribution is 2.26. The Bertz CT molecular complexity index is 696. The monoisotopic (exact) mass is 316 g/mol. The Morgan fingerprint density at radius 2 is 2.09 bits per heavy atom. The van der Waals surface area contributed by atoms with Gasteiger partial charge in [0.15, 0.2) is 5.65 Å². The Kier molecular flexibility index (Phi) is 4.15. The molecule has 0 bridgehead atoms. The molecule has 1 aliphatic carbocycles. The van der Waals surface area contributed by atoms with Gasteiger partial charge in [-0.25, -0.2) is 9.78 Å². The number of ether oxygens (including phenoxy) is 1. The Morgan fingerprint density at radius 1 is 1.35 bits per heavy atom. The number of nitrogens with one attached hydrogen (secondary N) is 2. The third-order valence-electron chi connectivity index (χ3n) is 3.85. The minimum absolute atomic E-state index is 0.472. The van der Waals surface area contributed by atoms with Crippen molar-refractivity contribution in [1.82, 2.24) is 9.38 Å². The Morgan fingerprint density at radius 3 is 2.78 bits per heavy atom. The minimum Gasteiger partial charge on any atom is -0.444 e. The van der Waals surface area contributed by atoms with E-state index in [1.54, 1.807) is 6.20 Å². The number of fused-ring (bicyclic) bond motifs is 1. The fourth-order valence-corrected chi connectivity index (χ4v) is 2.92. The molecule has 0 aliphatic heterocycles. The zero-order valence-electron chi connectivity index (χ0n) is 13.9. The number of imidazole rings is 1. The van der Waals surface area contributed by atoms with Gasteiger partial charge in [-0.3, -0.25) is 5.32 Å². The van der Waals surface area contributed by atoms with Gasteiger partial charge in [0.1, 0.15) is 5.60 Å². The fourth-order valence-electron chi connectivity index (χ4n) is 2.92. The normalized spacial score (nSPS) is 15.8. The lowest BCUT2D eigenvalue weighted by molar-refractivity contribution is 0.0636. The number of rotatable bonds is 3. The van der Waals surface area contributed by atoms with Gasteiger partial charge >= 0.3 is 6.09 Å². The van der Waals surface area contributed by atoms with Crippen molar-refractivity contribution in [3.63, 3.8) is 0 Å². The second kappa shape index (κ2) is 6.10. The lowest BCUT2D eigenvalue weighted by Gasteiger charge is -2.20. The highest BCUT2D eigenvalue weighted by atomic mass is 16.6. The molecule has 124 valence electrons. The maximum Gasteiger partial charge on any atom is 0.412 e. The summed E-state index contributed by atoms with van der Waals surface area (Å²) in [6, 6.07) is 2.43. The summed E-state index contributed by atoms with van der Waals surface area (Å²) in [6.07, 6.45) is 10.0. The quantitative estimate of drug-likeness (QED) is 0.897. The van der Waals surface area contributed by atoms with Crippen LogP contribution in [0.4, 0.5) is 16.2 Å². The SMILES string of the molecule is CC(C)(C)OC(=O)Nc1cc(NC2CCCC2)cn2ccnc12. The molecule has 0 atom stereocenters. The third-order valence-corrected chi connectivity index (χ3v) is 3.85. The number of nitrogens with zero attached hydrogens (tertiary/aromatic N) is 2. The Labute approximate surface area is 136 Å². The number of carbonyl (C=O) groups excluding carboxylic acids is 1. The summed E-state index contributed by atoms with van der Waals surface area (Å²) >= 11 is 0. The number of hydrogen-bond donors (Lipinski definition) is 2. The van der Waals surface area contributed by atoms with Crippen molar-refractivity contribution in [3.05, 3.63) is 24.7 Å². The molecule has 2 heterocycles. The minimum atomic E-state index is -0.532. The van der Waals surface area contributed by atoms with Crippen molar-refractivity contribution in [3.8, 4) is 0 Å². The smallest absolute Gasteiger partial charge is 0.412 e. The predicted octanol–water partition coefficient (Wildman–Crippen LogP) is 4.04. The van der Waals surface area contributed by atoms with Gasteiger partial charge in [0.25, 0.3) is 0 Å². The summed E-state index contributed by atoms with van der Waals surface area (Å²) in [7, 11) is 0. The van der Waals surface area contributed by atoms with Crippen LogP contribution in [0.5, 0.6) is 0 Å². The highest BCUT2D eigenvalue weighted by molar-refractivity contribution is 5.90. The molecular formula is C17H24N4O2. The number of carbonyl (C=O) groups is 1. The fraction of sp³-hybridized carbons (Fsp3) is 0.529. The topological polar surface area (TPSA) is 67.7 Å². The number of hydrogen-bond acceptors (Lipinski definition) is 4. The van der Waals surface area contributed by atoms with Gasteiger partial charge in [0.2, 0.25) is 0 Å². The zero-order chi connectivity index (χ0) is 16.4. The van der Waals surface area contributed by atoms with Crippen LogP contribution in [0.15, 0.2) is 24.7 Å². The van der Waals surface area contributed by atoms with Crippen LogP contribution in [0.2, 0.25) is 0 Å². The standard InChI is InChI=1S/C17H24N4O2/c1-17(2,3)23-16(22)20-14-10-13(19-12-6-4-5-7-12)11-21-9-8-18-15(14)21/h8-12,19H,4-7H2,1-3H3,(H,20,22). The molecule has 1 saturated carbocycles. The van der Waals surface area contributed by atoms with Gasteiger partial charge in [0, 0.05) is 24.6 Å². The van der Waals surface area contributed by atoms with Crippen LogP contribution < -0.4 is 10.6 Å². The molecule has 0 unspecified atom stereocenters. The Hall–Kier alpha value is -2.24. The van der Waals surface area contributed by atoms with Gasteiger partial charge in [-0.1, -0.05) is 12.8 Å². The van der Waals surface area contributed by atoms with Crippen molar-refractivity contribution in [1.29, 1.82) is 0 Å². The van der Waals surface area contributed by atoms with E-state index in [0.717, 1.165) is 5.69 Å². The molecule has 2 N–H and O–H groups in total. The highest BCUT2D eigenvalue weighted by Gasteiger charge is 2.19. The molecule has 1 amide bonds. The molecule has 0 aromatic carbocycles.